The summed E-state index contributed by atoms with van der Waals surface area (Å²) in [5, 5.41) is 7.68. The Kier molecular flexibility index (Phi) is 4.46. The van der Waals surface area contributed by atoms with Crippen molar-refractivity contribution in [2.75, 3.05) is 0 Å². The fourth-order valence-corrected chi connectivity index (χ4v) is 4.55. The zero-order valence-electron chi connectivity index (χ0n) is 17.4. The molecule has 3 aromatic heterocycles. The minimum absolute atomic E-state index is 0.597. The maximum Gasteiger partial charge on any atom is 0.245 e. The minimum Gasteiger partial charge on any atom is -0.316 e. The van der Waals surface area contributed by atoms with Crippen molar-refractivity contribution in [1.29, 1.82) is 0 Å². The van der Waals surface area contributed by atoms with Crippen LogP contribution in [-0.4, -0.2) is 19.7 Å². The van der Waals surface area contributed by atoms with E-state index < -0.39 is 0 Å². The molecule has 5 heteroatoms. The minimum atomic E-state index is 0.597. The van der Waals surface area contributed by atoms with Crippen molar-refractivity contribution in [3.63, 3.8) is 0 Å². The maximum atomic E-state index is 5.04. The number of hydrogen-bond acceptors (Lipinski definition) is 2. The van der Waals surface area contributed by atoms with Gasteiger partial charge in [-0.25, -0.2) is 0 Å². The SMILES string of the molecule is Cc1[nH]nc(-c2cc(C3CCCCC3)cc(-n3[c-][n+](C)c4ccccc43)n2)c1C. The summed E-state index contributed by atoms with van der Waals surface area (Å²) in [6, 6.07) is 12.9. The molecule has 5 nitrogen and oxygen atoms in total. The first-order chi connectivity index (χ1) is 14.1. The Morgan fingerprint density at radius 3 is 2.66 bits per heavy atom. The molecule has 5 rings (SSSR count). The average molecular weight is 386 g/mol. The van der Waals surface area contributed by atoms with E-state index in [-0.39, 0.29) is 0 Å². The van der Waals surface area contributed by atoms with Crippen LogP contribution in [-0.2, 0) is 7.05 Å². The first-order valence-corrected chi connectivity index (χ1v) is 10.5. The lowest BCUT2D eigenvalue weighted by Crippen LogP contribution is -2.26. The number of rotatable bonds is 3. The molecule has 0 atom stereocenters. The van der Waals surface area contributed by atoms with Crippen molar-refractivity contribution in [2.24, 2.45) is 7.05 Å². The second-order valence-electron chi connectivity index (χ2n) is 8.28. The predicted octanol–water partition coefficient (Wildman–Crippen LogP) is 4.70. The van der Waals surface area contributed by atoms with E-state index in [9.17, 15) is 0 Å². The number of hydrogen-bond donors (Lipinski definition) is 1. The molecule has 0 amide bonds. The summed E-state index contributed by atoms with van der Waals surface area (Å²) in [4.78, 5) is 5.04. The zero-order valence-corrected chi connectivity index (χ0v) is 17.4. The van der Waals surface area contributed by atoms with Crippen LogP contribution in [0.3, 0.4) is 0 Å². The molecule has 0 bridgehead atoms. The molecule has 0 radical (unpaired) electrons. The summed E-state index contributed by atoms with van der Waals surface area (Å²) in [5.41, 5.74) is 7.78. The molecule has 0 spiro atoms. The van der Waals surface area contributed by atoms with Crippen LogP contribution < -0.4 is 4.57 Å². The Bertz CT molecular complexity index is 1180. The van der Waals surface area contributed by atoms with Gasteiger partial charge in [0.05, 0.1) is 23.8 Å². The van der Waals surface area contributed by atoms with E-state index in [4.69, 9.17) is 4.98 Å². The highest BCUT2D eigenvalue weighted by Crippen LogP contribution is 2.35. The van der Waals surface area contributed by atoms with Crippen molar-refractivity contribution in [3.05, 3.63) is 59.5 Å². The number of para-hydroxylation sites is 2. The third-order valence-electron chi connectivity index (χ3n) is 6.37. The third kappa shape index (κ3) is 3.15. The molecule has 148 valence electrons. The van der Waals surface area contributed by atoms with Crippen molar-refractivity contribution in [3.8, 4) is 17.2 Å². The molecule has 4 aromatic rings. The van der Waals surface area contributed by atoms with Crippen LogP contribution in [0.1, 0.15) is 54.8 Å². The van der Waals surface area contributed by atoms with Gasteiger partial charge in [0, 0.05) is 5.69 Å². The summed E-state index contributed by atoms with van der Waals surface area (Å²) in [6.07, 6.45) is 9.93. The number of aromatic amines is 1. The molecule has 1 fully saturated rings. The van der Waals surface area contributed by atoms with Gasteiger partial charge in [0.2, 0.25) is 6.33 Å². The summed E-state index contributed by atoms with van der Waals surface area (Å²) in [7, 11) is 2.03. The van der Waals surface area contributed by atoms with E-state index in [2.05, 4.69) is 71.3 Å². The van der Waals surface area contributed by atoms with Crippen molar-refractivity contribution >= 4 is 11.0 Å². The molecule has 1 aromatic carbocycles. The van der Waals surface area contributed by atoms with Gasteiger partial charge in [-0.3, -0.25) is 10.1 Å². The fourth-order valence-electron chi connectivity index (χ4n) is 4.55. The molecule has 1 aliphatic rings. The van der Waals surface area contributed by atoms with Crippen LogP contribution in [0.5, 0.6) is 0 Å². The Balaban J connectivity index is 1.71. The molecule has 1 saturated carbocycles. The topological polar surface area (TPSA) is 50.4 Å². The van der Waals surface area contributed by atoms with E-state index in [1.807, 2.05) is 11.6 Å². The van der Waals surface area contributed by atoms with Crippen LogP contribution in [0.2, 0.25) is 0 Å². The highest BCUT2D eigenvalue weighted by atomic mass is 15.2. The van der Waals surface area contributed by atoms with Gasteiger partial charge >= 0.3 is 0 Å². The molecule has 1 N–H and O–H groups in total. The number of aryl methyl sites for hydroxylation is 2. The standard InChI is InChI=1S/C24H27N5/c1-16-17(2)26-27-24(16)20-13-19(18-9-5-4-6-10-18)14-23(25-20)29-15-28(3)21-11-7-8-12-22(21)29/h7-8,11-14,18H,4-6,9-10H2,1-3H3,(H,26,27). The molecule has 3 heterocycles. The normalized spacial score (nSPS) is 15.3. The molecular weight excluding hydrogens is 358 g/mol. The summed E-state index contributed by atoms with van der Waals surface area (Å²) in [5.74, 6) is 1.51. The smallest absolute Gasteiger partial charge is 0.245 e. The van der Waals surface area contributed by atoms with E-state index >= 15 is 0 Å². The quantitative estimate of drug-likeness (QED) is 0.410. The first-order valence-electron chi connectivity index (χ1n) is 10.5. The number of fused-ring (bicyclic) bond motifs is 1. The van der Waals surface area contributed by atoms with Crippen molar-refractivity contribution < 1.29 is 4.57 Å². The second kappa shape index (κ2) is 7.14. The summed E-state index contributed by atoms with van der Waals surface area (Å²) >= 11 is 0. The van der Waals surface area contributed by atoms with Gasteiger partial charge in [0.1, 0.15) is 11.5 Å². The van der Waals surface area contributed by atoms with E-state index in [1.165, 1.54) is 37.7 Å². The number of H-pyrrole nitrogens is 1. The fraction of sp³-hybridized carbons (Fsp3) is 0.375. The molecule has 0 unspecified atom stereocenters. The van der Waals surface area contributed by atoms with E-state index in [0.717, 1.165) is 39.5 Å². The van der Waals surface area contributed by atoms with Crippen molar-refractivity contribution in [1.82, 2.24) is 19.7 Å². The van der Waals surface area contributed by atoms with Gasteiger partial charge in [-0.05, 0) is 55.9 Å². The van der Waals surface area contributed by atoms with Crippen LogP contribution in [0.15, 0.2) is 36.4 Å². The number of nitrogens with zero attached hydrogens (tertiary/aromatic N) is 4. The third-order valence-corrected chi connectivity index (χ3v) is 6.37. The van der Waals surface area contributed by atoms with Crippen LogP contribution >= 0.6 is 0 Å². The monoisotopic (exact) mass is 385 g/mol. The Morgan fingerprint density at radius 2 is 1.90 bits per heavy atom. The van der Waals surface area contributed by atoms with Gasteiger partial charge < -0.3 is 9.13 Å². The van der Waals surface area contributed by atoms with Gasteiger partial charge in [0.15, 0.2) is 0 Å². The Hall–Kier alpha value is -2.95. The predicted molar refractivity (Wildman–Crippen MR) is 114 cm³/mol. The molecule has 1 aliphatic carbocycles. The molecule has 29 heavy (non-hydrogen) atoms. The lowest BCUT2D eigenvalue weighted by atomic mass is 9.84. The van der Waals surface area contributed by atoms with Crippen molar-refractivity contribution in [2.45, 2.75) is 51.9 Å². The lowest BCUT2D eigenvalue weighted by Gasteiger charge is -2.23. The highest BCUT2D eigenvalue weighted by molar-refractivity contribution is 5.74. The zero-order chi connectivity index (χ0) is 20.0. The highest BCUT2D eigenvalue weighted by Gasteiger charge is 2.20. The Labute approximate surface area is 171 Å². The molecule has 0 aliphatic heterocycles. The van der Waals surface area contributed by atoms with Gasteiger partial charge in [-0.2, -0.15) is 5.10 Å². The van der Waals surface area contributed by atoms with Gasteiger partial charge in [-0.15, -0.1) is 0 Å². The average Bonchev–Trinajstić information content (AvgIpc) is 3.28. The van der Waals surface area contributed by atoms with Crippen LogP contribution in [0.4, 0.5) is 0 Å². The number of pyridine rings is 1. The molecule has 0 saturated heterocycles. The Morgan fingerprint density at radius 1 is 1.10 bits per heavy atom. The number of benzene rings is 1. The number of aromatic nitrogens is 5. The van der Waals surface area contributed by atoms with E-state index in [0.29, 0.717) is 5.92 Å². The van der Waals surface area contributed by atoms with Gasteiger partial charge in [-0.1, -0.05) is 43.5 Å². The molecular formula is C24H27N5. The van der Waals surface area contributed by atoms with Crippen LogP contribution in [0.25, 0.3) is 28.2 Å². The lowest BCUT2D eigenvalue weighted by molar-refractivity contribution is -0.649. The maximum absolute atomic E-state index is 5.04. The van der Waals surface area contributed by atoms with E-state index in [1.54, 1.807) is 0 Å². The van der Waals surface area contributed by atoms with Gasteiger partial charge in [0.25, 0.3) is 0 Å². The summed E-state index contributed by atoms with van der Waals surface area (Å²) in [6.45, 7) is 4.17. The largest absolute Gasteiger partial charge is 0.316 e. The summed E-state index contributed by atoms with van der Waals surface area (Å²) < 4.78 is 4.12. The van der Waals surface area contributed by atoms with Crippen LogP contribution in [0, 0.1) is 20.2 Å². The number of imidazole rings is 1. The first kappa shape index (κ1) is 18.1. The second-order valence-corrected chi connectivity index (χ2v) is 8.28. The number of nitrogens with one attached hydrogen (secondary N) is 1.